The average molecular weight is 441 g/mol. The molecule has 0 unspecified atom stereocenters. The van der Waals surface area contributed by atoms with E-state index in [9.17, 15) is 27.2 Å². The molecule has 0 spiro atoms. The number of hydrogen-bond acceptors (Lipinski definition) is 3. The second kappa shape index (κ2) is 8.26. The van der Waals surface area contributed by atoms with Gasteiger partial charge in [0.05, 0.1) is 11.3 Å². The molecular formula is C23H15F4N3O2. The van der Waals surface area contributed by atoms with Gasteiger partial charge < -0.3 is 5.32 Å². The van der Waals surface area contributed by atoms with Crippen molar-refractivity contribution in [3.8, 4) is 11.3 Å². The molecule has 1 amide bonds. The van der Waals surface area contributed by atoms with E-state index in [-0.39, 0.29) is 5.69 Å². The number of alkyl halides is 3. The van der Waals surface area contributed by atoms with Crippen LogP contribution in [0.4, 0.5) is 23.2 Å². The summed E-state index contributed by atoms with van der Waals surface area (Å²) in [5.41, 5.74) is -1.12. The lowest BCUT2D eigenvalue weighted by molar-refractivity contribution is -0.140. The molecule has 0 bridgehead atoms. The number of rotatable bonds is 4. The lowest BCUT2D eigenvalue weighted by Crippen LogP contribution is -2.29. The number of nitrogens with zero attached hydrogens (tertiary/aromatic N) is 2. The van der Waals surface area contributed by atoms with Crippen LogP contribution in [0.5, 0.6) is 0 Å². The summed E-state index contributed by atoms with van der Waals surface area (Å²) in [6.07, 6.45) is -4.91. The maximum atomic E-state index is 13.4. The van der Waals surface area contributed by atoms with Gasteiger partial charge in [0.25, 0.3) is 5.56 Å². The number of fused-ring (bicyclic) bond motifs is 1. The minimum Gasteiger partial charge on any atom is -0.324 e. The van der Waals surface area contributed by atoms with Crippen molar-refractivity contribution in [3.63, 3.8) is 0 Å². The van der Waals surface area contributed by atoms with Gasteiger partial charge in [-0.1, -0.05) is 36.4 Å². The van der Waals surface area contributed by atoms with Crippen molar-refractivity contribution in [2.45, 2.75) is 12.7 Å². The van der Waals surface area contributed by atoms with Crippen molar-refractivity contribution >= 4 is 22.4 Å². The van der Waals surface area contributed by atoms with Crippen molar-refractivity contribution in [2.24, 2.45) is 0 Å². The van der Waals surface area contributed by atoms with E-state index >= 15 is 0 Å². The Morgan fingerprint density at radius 1 is 0.938 bits per heavy atom. The van der Waals surface area contributed by atoms with Gasteiger partial charge in [0, 0.05) is 17.3 Å². The summed E-state index contributed by atoms with van der Waals surface area (Å²) < 4.78 is 52.9. The number of anilines is 1. The quantitative estimate of drug-likeness (QED) is 0.460. The van der Waals surface area contributed by atoms with Crippen molar-refractivity contribution in [1.29, 1.82) is 0 Å². The number of aromatic nitrogens is 2. The van der Waals surface area contributed by atoms with E-state index in [0.717, 1.165) is 27.1 Å². The molecule has 32 heavy (non-hydrogen) atoms. The molecule has 1 N–H and O–H groups in total. The Bertz CT molecular complexity index is 1380. The van der Waals surface area contributed by atoms with Gasteiger partial charge in [0.2, 0.25) is 5.91 Å². The first kappa shape index (κ1) is 21.2. The summed E-state index contributed by atoms with van der Waals surface area (Å²) in [5.74, 6) is -2.23. The molecule has 0 aliphatic rings. The summed E-state index contributed by atoms with van der Waals surface area (Å²) in [5, 5.41) is 8.44. The smallest absolute Gasteiger partial charge is 0.324 e. The molecule has 5 nitrogen and oxygen atoms in total. The molecule has 0 radical (unpaired) electrons. The molecule has 162 valence electrons. The highest BCUT2D eigenvalue weighted by atomic mass is 19.4. The lowest BCUT2D eigenvalue weighted by Gasteiger charge is -2.12. The van der Waals surface area contributed by atoms with Gasteiger partial charge in [-0.05, 0) is 41.1 Å². The van der Waals surface area contributed by atoms with Gasteiger partial charge in [-0.2, -0.15) is 18.3 Å². The Labute approximate surface area is 178 Å². The molecule has 4 aromatic rings. The van der Waals surface area contributed by atoms with Gasteiger partial charge >= 0.3 is 6.18 Å². The Hall–Kier alpha value is -4.01. The zero-order valence-corrected chi connectivity index (χ0v) is 16.4. The third kappa shape index (κ3) is 4.51. The Balaban J connectivity index is 1.57. The predicted octanol–water partition coefficient (Wildman–Crippen LogP) is 4.86. The topological polar surface area (TPSA) is 64.0 Å². The van der Waals surface area contributed by atoms with E-state index in [1.165, 1.54) is 12.1 Å². The van der Waals surface area contributed by atoms with Crippen molar-refractivity contribution in [3.05, 3.63) is 94.5 Å². The van der Waals surface area contributed by atoms with Crippen LogP contribution < -0.4 is 10.9 Å². The van der Waals surface area contributed by atoms with Crippen LogP contribution in [0.3, 0.4) is 0 Å². The molecule has 0 aliphatic heterocycles. The van der Waals surface area contributed by atoms with E-state index in [1.54, 1.807) is 0 Å². The Morgan fingerprint density at radius 3 is 2.44 bits per heavy atom. The zero-order chi connectivity index (χ0) is 22.9. The fraction of sp³-hybridized carbons (Fsp3) is 0.0870. The average Bonchev–Trinajstić information content (AvgIpc) is 2.75. The van der Waals surface area contributed by atoms with Crippen LogP contribution in [0.1, 0.15) is 5.56 Å². The lowest BCUT2D eigenvalue weighted by atomic mass is 10.1. The van der Waals surface area contributed by atoms with E-state index < -0.39 is 35.6 Å². The van der Waals surface area contributed by atoms with Crippen molar-refractivity contribution < 1.29 is 22.4 Å². The van der Waals surface area contributed by atoms with Crippen LogP contribution in [0.25, 0.3) is 22.0 Å². The van der Waals surface area contributed by atoms with Gasteiger partial charge in [-0.25, -0.2) is 9.07 Å². The molecule has 0 atom stereocenters. The van der Waals surface area contributed by atoms with E-state index in [2.05, 4.69) is 10.4 Å². The summed E-state index contributed by atoms with van der Waals surface area (Å²) in [6, 6.07) is 18.2. The second-order valence-corrected chi connectivity index (χ2v) is 7.02. The molecule has 4 rings (SSSR count). The standard InChI is InChI=1S/C23H15F4N3O2/c24-19-8-7-17(12-18(19)23(25,26)27)28-21(31)13-30-22(32)10-9-20(29-30)16-6-5-14-3-1-2-4-15(14)11-16/h1-12H,13H2,(H,28,31). The second-order valence-electron chi connectivity index (χ2n) is 7.02. The molecule has 1 aromatic heterocycles. The van der Waals surface area contributed by atoms with Crippen LogP contribution in [0.15, 0.2) is 77.6 Å². The summed E-state index contributed by atoms with van der Waals surface area (Å²) in [6.45, 7) is -0.529. The number of hydrogen-bond donors (Lipinski definition) is 1. The minimum absolute atomic E-state index is 0.248. The highest BCUT2D eigenvalue weighted by molar-refractivity contribution is 5.90. The van der Waals surface area contributed by atoms with Crippen LogP contribution >= 0.6 is 0 Å². The first-order valence-electron chi connectivity index (χ1n) is 9.45. The maximum absolute atomic E-state index is 13.4. The first-order chi connectivity index (χ1) is 15.2. The third-order valence-corrected chi connectivity index (χ3v) is 4.76. The Kier molecular flexibility index (Phi) is 5.48. The molecule has 0 fully saturated rings. The minimum atomic E-state index is -4.91. The highest BCUT2D eigenvalue weighted by Gasteiger charge is 2.34. The van der Waals surface area contributed by atoms with E-state index in [0.29, 0.717) is 17.8 Å². The number of halogens is 4. The first-order valence-corrected chi connectivity index (χ1v) is 9.45. The highest BCUT2D eigenvalue weighted by Crippen LogP contribution is 2.33. The van der Waals surface area contributed by atoms with Gasteiger partial charge in [-0.3, -0.25) is 9.59 Å². The van der Waals surface area contributed by atoms with Gasteiger partial charge in [-0.15, -0.1) is 0 Å². The molecule has 1 heterocycles. The van der Waals surface area contributed by atoms with Gasteiger partial charge in [0.15, 0.2) is 0 Å². The maximum Gasteiger partial charge on any atom is 0.419 e. The van der Waals surface area contributed by atoms with Gasteiger partial charge in [0.1, 0.15) is 12.4 Å². The fourth-order valence-electron chi connectivity index (χ4n) is 3.22. The molecule has 0 saturated carbocycles. The molecule has 0 saturated heterocycles. The predicted molar refractivity (Wildman–Crippen MR) is 111 cm³/mol. The molecule has 3 aromatic carbocycles. The Morgan fingerprint density at radius 2 is 1.69 bits per heavy atom. The summed E-state index contributed by atoms with van der Waals surface area (Å²) in [7, 11) is 0. The van der Waals surface area contributed by atoms with Crippen molar-refractivity contribution in [1.82, 2.24) is 9.78 Å². The molecular weight excluding hydrogens is 426 g/mol. The number of carbonyl (C=O) groups excluding carboxylic acids is 1. The molecule has 9 heteroatoms. The van der Waals surface area contributed by atoms with Crippen LogP contribution in [-0.2, 0) is 17.5 Å². The number of carbonyl (C=O) groups is 1. The van der Waals surface area contributed by atoms with Crippen LogP contribution in [0, 0.1) is 5.82 Å². The normalized spacial score (nSPS) is 11.5. The summed E-state index contributed by atoms with van der Waals surface area (Å²) >= 11 is 0. The number of nitrogens with one attached hydrogen (secondary N) is 1. The SMILES string of the molecule is O=C(Cn1nc(-c2ccc3ccccc3c2)ccc1=O)Nc1ccc(F)c(C(F)(F)F)c1. The van der Waals surface area contributed by atoms with Crippen molar-refractivity contribution in [2.75, 3.05) is 5.32 Å². The number of amides is 1. The fourth-order valence-corrected chi connectivity index (χ4v) is 3.22. The zero-order valence-electron chi connectivity index (χ0n) is 16.4. The monoisotopic (exact) mass is 441 g/mol. The number of benzene rings is 3. The van der Waals surface area contributed by atoms with E-state index in [1.807, 2.05) is 42.5 Å². The van der Waals surface area contributed by atoms with Crippen LogP contribution in [-0.4, -0.2) is 15.7 Å². The third-order valence-electron chi connectivity index (χ3n) is 4.76. The van der Waals surface area contributed by atoms with Crippen LogP contribution in [0.2, 0.25) is 0 Å². The van der Waals surface area contributed by atoms with E-state index in [4.69, 9.17) is 0 Å². The molecule has 0 aliphatic carbocycles. The summed E-state index contributed by atoms with van der Waals surface area (Å²) in [4.78, 5) is 24.5. The largest absolute Gasteiger partial charge is 0.419 e.